The van der Waals surface area contributed by atoms with Crippen LogP contribution in [0.15, 0.2) is 24.3 Å². The highest BCUT2D eigenvalue weighted by atomic mass is 16.1. The first-order chi connectivity index (χ1) is 10.1. The molecule has 1 aromatic heterocycles. The molecule has 1 aliphatic rings. The fourth-order valence-corrected chi connectivity index (χ4v) is 2.92. The quantitative estimate of drug-likeness (QED) is 0.910. The van der Waals surface area contributed by atoms with Crippen molar-refractivity contribution in [3.63, 3.8) is 0 Å². The Morgan fingerprint density at radius 2 is 2.24 bits per heavy atom. The van der Waals surface area contributed by atoms with Crippen molar-refractivity contribution in [2.45, 2.75) is 39.7 Å². The van der Waals surface area contributed by atoms with Crippen LogP contribution in [0, 0.1) is 12.8 Å². The highest BCUT2D eigenvalue weighted by Gasteiger charge is 2.24. The summed E-state index contributed by atoms with van der Waals surface area (Å²) in [5, 5.41) is 10.2. The van der Waals surface area contributed by atoms with E-state index in [4.69, 9.17) is 0 Å². The summed E-state index contributed by atoms with van der Waals surface area (Å²) in [5.41, 5.74) is 5.15. The summed E-state index contributed by atoms with van der Waals surface area (Å²) in [6.45, 7) is 4.83. The smallest absolute Gasteiger partial charge is 0.272 e. The van der Waals surface area contributed by atoms with E-state index >= 15 is 0 Å². The molecule has 1 atom stereocenters. The summed E-state index contributed by atoms with van der Waals surface area (Å²) < 4.78 is 0. The molecule has 2 aromatic rings. The predicted molar refractivity (Wildman–Crippen MR) is 82.1 cm³/mol. The minimum absolute atomic E-state index is 0.0788. The van der Waals surface area contributed by atoms with Gasteiger partial charge in [0, 0.05) is 17.8 Å². The average Bonchev–Trinajstić information content (AvgIpc) is 2.89. The maximum atomic E-state index is 12.4. The van der Waals surface area contributed by atoms with Crippen LogP contribution in [0.1, 0.15) is 46.2 Å². The lowest BCUT2D eigenvalue weighted by Crippen LogP contribution is -2.25. The minimum Gasteiger partial charge on any atom is -0.347 e. The van der Waals surface area contributed by atoms with Crippen LogP contribution in [0.4, 0.5) is 0 Å². The number of rotatable bonds is 3. The second kappa shape index (κ2) is 5.72. The summed E-state index contributed by atoms with van der Waals surface area (Å²) in [7, 11) is 0. The number of benzene rings is 1. The van der Waals surface area contributed by atoms with E-state index in [-0.39, 0.29) is 5.91 Å². The fourth-order valence-electron chi connectivity index (χ4n) is 2.92. The molecule has 0 saturated carbocycles. The highest BCUT2D eigenvalue weighted by Crippen LogP contribution is 2.26. The Morgan fingerprint density at radius 3 is 3.05 bits per heavy atom. The Labute approximate surface area is 125 Å². The number of nitrogens with zero attached hydrogens (tertiary/aromatic N) is 1. The van der Waals surface area contributed by atoms with Crippen molar-refractivity contribution in [1.29, 1.82) is 0 Å². The molecular formula is C17H21N3O. The third-order valence-electron chi connectivity index (χ3n) is 4.31. The Hall–Kier alpha value is -2.10. The van der Waals surface area contributed by atoms with Gasteiger partial charge in [0.25, 0.3) is 5.91 Å². The first-order valence-corrected chi connectivity index (χ1v) is 7.54. The van der Waals surface area contributed by atoms with Gasteiger partial charge >= 0.3 is 0 Å². The van der Waals surface area contributed by atoms with E-state index in [0.29, 0.717) is 18.2 Å². The van der Waals surface area contributed by atoms with Gasteiger partial charge in [-0.1, -0.05) is 31.2 Å². The molecule has 0 aliphatic heterocycles. The molecule has 4 heteroatoms. The zero-order chi connectivity index (χ0) is 14.8. The van der Waals surface area contributed by atoms with Gasteiger partial charge in [-0.25, -0.2) is 0 Å². The van der Waals surface area contributed by atoms with E-state index in [1.54, 1.807) is 0 Å². The van der Waals surface area contributed by atoms with E-state index in [1.807, 2.05) is 18.2 Å². The Bertz CT molecular complexity index is 660. The molecule has 0 bridgehead atoms. The Morgan fingerprint density at radius 1 is 1.43 bits per heavy atom. The van der Waals surface area contributed by atoms with Crippen LogP contribution in [0.2, 0.25) is 0 Å². The van der Waals surface area contributed by atoms with Crippen LogP contribution in [0.25, 0.3) is 0 Å². The molecule has 21 heavy (non-hydrogen) atoms. The lowest BCUT2D eigenvalue weighted by Gasteiger charge is -2.18. The molecule has 3 rings (SSSR count). The summed E-state index contributed by atoms with van der Waals surface area (Å²) in [5.74, 6) is 0.544. The molecule has 2 N–H and O–H groups in total. The number of carbonyl (C=O) groups excluding carboxylic acids is 1. The van der Waals surface area contributed by atoms with Crippen molar-refractivity contribution in [2.75, 3.05) is 0 Å². The van der Waals surface area contributed by atoms with Crippen molar-refractivity contribution in [3.8, 4) is 0 Å². The standard InChI is InChI=1S/C17H21N3O/c1-11-7-8-15-14(9-11)16(20-19-15)17(21)18-10-13-6-4-3-5-12(13)2/h3-6,11H,7-10H2,1-2H3,(H,18,21)(H,19,20). The van der Waals surface area contributed by atoms with Crippen LogP contribution >= 0.6 is 0 Å². The number of hydrogen-bond acceptors (Lipinski definition) is 2. The molecule has 0 fully saturated rings. The van der Waals surface area contributed by atoms with Crippen LogP contribution < -0.4 is 5.32 Å². The van der Waals surface area contributed by atoms with Gasteiger partial charge in [-0.3, -0.25) is 9.89 Å². The predicted octanol–water partition coefficient (Wildman–Crippen LogP) is 2.77. The maximum absolute atomic E-state index is 12.4. The monoisotopic (exact) mass is 283 g/mol. The zero-order valence-electron chi connectivity index (χ0n) is 12.6. The Balaban J connectivity index is 1.72. The number of aromatic nitrogens is 2. The number of nitrogens with one attached hydrogen (secondary N) is 2. The molecule has 1 aliphatic carbocycles. The summed E-state index contributed by atoms with van der Waals surface area (Å²) in [6.07, 6.45) is 3.10. The van der Waals surface area contributed by atoms with Gasteiger partial charge in [0.1, 0.15) is 0 Å². The second-order valence-corrected chi connectivity index (χ2v) is 5.99. The molecule has 1 unspecified atom stereocenters. The van der Waals surface area contributed by atoms with Gasteiger partial charge < -0.3 is 5.32 Å². The van der Waals surface area contributed by atoms with Crippen LogP contribution in [-0.2, 0) is 19.4 Å². The van der Waals surface area contributed by atoms with E-state index in [2.05, 4.69) is 35.4 Å². The van der Waals surface area contributed by atoms with Gasteiger partial charge in [0.05, 0.1) is 0 Å². The zero-order valence-corrected chi connectivity index (χ0v) is 12.6. The maximum Gasteiger partial charge on any atom is 0.272 e. The molecule has 1 heterocycles. The lowest BCUT2D eigenvalue weighted by atomic mass is 9.87. The summed E-state index contributed by atoms with van der Waals surface area (Å²) in [6, 6.07) is 8.09. The molecule has 0 saturated heterocycles. The number of aromatic amines is 1. The number of fused-ring (bicyclic) bond motifs is 1. The summed E-state index contributed by atoms with van der Waals surface area (Å²) >= 11 is 0. The minimum atomic E-state index is -0.0788. The number of H-pyrrole nitrogens is 1. The molecule has 4 nitrogen and oxygen atoms in total. The van der Waals surface area contributed by atoms with E-state index in [1.165, 1.54) is 12.0 Å². The average molecular weight is 283 g/mol. The molecule has 0 radical (unpaired) electrons. The van der Waals surface area contributed by atoms with Crippen LogP contribution in [0.5, 0.6) is 0 Å². The fraction of sp³-hybridized carbons (Fsp3) is 0.412. The van der Waals surface area contributed by atoms with Crippen molar-refractivity contribution in [2.24, 2.45) is 5.92 Å². The van der Waals surface area contributed by atoms with E-state index in [0.717, 1.165) is 29.7 Å². The van der Waals surface area contributed by atoms with Gasteiger partial charge in [0.15, 0.2) is 5.69 Å². The van der Waals surface area contributed by atoms with Crippen molar-refractivity contribution in [1.82, 2.24) is 15.5 Å². The van der Waals surface area contributed by atoms with Crippen molar-refractivity contribution in [3.05, 3.63) is 52.3 Å². The molecule has 0 spiro atoms. The Kier molecular flexibility index (Phi) is 3.78. The third-order valence-corrected chi connectivity index (χ3v) is 4.31. The topological polar surface area (TPSA) is 57.8 Å². The molecular weight excluding hydrogens is 262 g/mol. The largest absolute Gasteiger partial charge is 0.347 e. The van der Waals surface area contributed by atoms with Gasteiger partial charge in [-0.15, -0.1) is 0 Å². The van der Waals surface area contributed by atoms with E-state index in [9.17, 15) is 4.79 Å². The summed E-state index contributed by atoms with van der Waals surface area (Å²) in [4.78, 5) is 12.4. The molecule has 110 valence electrons. The first-order valence-electron chi connectivity index (χ1n) is 7.54. The van der Waals surface area contributed by atoms with Gasteiger partial charge in [-0.2, -0.15) is 5.10 Å². The third kappa shape index (κ3) is 2.84. The SMILES string of the molecule is Cc1ccccc1CNC(=O)c1n[nH]c2c1CC(C)CC2. The number of carbonyl (C=O) groups is 1. The first kappa shape index (κ1) is 13.9. The second-order valence-electron chi connectivity index (χ2n) is 5.99. The van der Waals surface area contributed by atoms with Gasteiger partial charge in [-0.05, 0) is 43.2 Å². The van der Waals surface area contributed by atoms with Crippen LogP contribution in [0.3, 0.4) is 0 Å². The van der Waals surface area contributed by atoms with Crippen LogP contribution in [-0.4, -0.2) is 16.1 Å². The number of amides is 1. The molecule has 1 aromatic carbocycles. The normalized spacial score (nSPS) is 17.3. The highest BCUT2D eigenvalue weighted by molar-refractivity contribution is 5.94. The van der Waals surface area contributed by atoms with Crippen molar-refractivity contribution < 1.29 is 4.79 Å². The number of aryl methyl sites for hydroxylation is 2. The van der Waals surface area contributed by atoms with Gasteiger partial charge in [0.2, 0.25) is 0 Å². The van der Waals surface area contributed by atoms with E-state index < -0.39 is 0 Å². The molecule has 1 amide bonds. The lowest BCUT2D eigenvalue weighted by molar-refractivity contribution is 0.0944. The van der Waals surface area contributed by atoms with Crippen molar-refractivity contribution >= 4 is 5.91 Å². The number of hydrogen-bond donors (Lipinski definition) is 2.